The van der Waals surface area contributed by atoms with Crippen LogP contribution in [-0.2, 0) is 6.42 Å². The topological polar surface area (TPSA) is 26.0 Å². The average Bonchev–Trinajstić information content (AvgIpc) is 2.34. The third-order valence-corrected chi connectivity index (χ3v) is 3.83. The van der Waals surface area contributed by atoms with Crippen LogP contribution in [0.2, 0.25) is 5.02 Å². The number of hydrogen-bond donors (Lipinski definition) is 1. The molecule has 0 spiro atoms. The lowest BCUT2D eigenvalue weighted by molar-refractivity contribution is 0.537. The summed E-state index contributed by atoms with van der Waals surface area (Å²) in [5.41, 5.74) is 5.94. The Labute approximate surface area is 119 Å². The van der Waals surface area contributed by atoms with E-state index in [4.69, 9.17) is 17.3 Å². The van der Waals surface area contributed by atoms with E-state index in [1.165, 1.54) is 12.1 Å². The molecule has 0 aliphatic heterocycles. The van der Waals surface area contributed by atoms with E-state index < -0.39 is 11.6 Å². The first kappa shape index (κ1) is 14.3. The zero-order chi connectivity index (χ0) is 13.8. The lowest BCUT2D eigenvalue weighted by Crippen LogP contribution is -2.04. The van der Waals surface area contributed by atoms with Crippen LogP contribution in [0.25, 0.3) is 0 Å². The summed E-state index contributed by atoms with van der Waals surface area (Å²) in [4.78, 5) is 0.667. The van der Waals surface area contributed by atoms with E-state index in [1.807, 2.05) is 0 Å². The molecule has 0 fully saturated rings. The van der Waals surface area contributed by atoms with Crippen LogP contribution in [0.5, 0.6) is 0 Å². The van der Waals surface area contributed by atoms with Crippen molar-refractivity contribution in [2.24, 2.45) is 5.73 Å². The minimum absolute atomic E-state index is 0.0250. The van der Waals surface area contributed by atoms with Gasteiger partial charge in [0.05, 0.1) is 4.90 Å². The van der Waals surface area contributed by atoms with E-state index in [9.17, 15) is 8.78 Å². The smallest absolute Gasteiger partial charge is 0.140 e. The maximum atomic E-state index is 13.9. The molecule has 0 unspecified atom stereocenters. The summed E-state index contributed by atoms with van der Waals surface area (Å²) in [6.07, 6.45) is 0.454. The van der Waals surface area contributed by atoms with Gasteiger partial charge in [0.25, 0.3) is 0 Å². The molecule has 0 atom stereocenters. The largest absolute Gasteiger partial charge is 0.330 e. The first-order valence-corrected chi connectivity index (χ1v) is 6.91. The highest BCUT2D eigenvalue weighted by Crippen LogP contribution is 2.33. The molecule has 2 N–H and O–H groups in total. The van der Waals surface area contributed by atoms with Crippen molar-refractivity contribution >= 4 is 23.4 Å². The summed E-state index contributed by atoms with van der Waals surface area (Å²) in [7, 11) is 0. The predicted molar refractivity (Wildman–Crippen MR) is 74.7 cm³/mol. The van der Waals surface area contributed by atoms with E-state index in [0.717, 1.165) is 11.8 Å². The molecule has 0 amide bonds. The third kappa shape index (κ3) is 3.69. The molecule has 0 saturated heterocycles. The van der Waals surface area contributed by atoms with Crippen LogP contribution >= 0.6 is 23.4 Å². The summed E-state index contributed by atoms with van der Waals surface area (Å²) in [5.74, 6) is -1.15. The summed E-state index contributed by atoms with van der Waals surface area (Å²) < 4.78 is 27.8. The lowest BCUT2D eigenvalue weighted by atomic mass is 10.1. The molecular weight excluding hydrogens is 288 g/mol. The summed E-state index contributed by atoms with van der Waals surface area (Å²) in [6.45, 7) is 0.361. The molecule has 5 heteroatoms. The van der Waals surface area contributed by atoms with Gasteiger partial charge in [-0.1, -0.05) is 29.4 Å². The van der Waals surface area contributed by atoms with Gasteiger partial charge in [-0.05, 0) is 48.9 Å². The second-order valence-corrected chi connectivity index (χ2v) is 5.51. The Balaban J connectivity index is 2.30. The Kier molecular flexibility index (Phi) is 4.80. The zero-order valence-corrected chi connectivity index (χ0v) is 11.6. The monoisotopic (exact) mass is 299 g/mol. The van der Waals surface area contributed by atoms with Crippen LogP contribution in [0.4, 0.5) is 8.78 Å². The van der Waals surface area contributed by atoms with Crippen molar-refractivity contribution in [2.75, 3.05) is 6.54 Å². The molecule has 2 aromatic rings. The van der Waals surface area contributed by atoms with Crippen molar-refractivity contribution in [1.82, 2.24) is 0 Å². The highest BCUT2D eigenvalue weighted by Gasteiger charge is 2.12. The second kappa shape index (κ2) is 6.37. The number of halogens is 3. The molecule has 0 bridgehead atoms. The van der Waals surface area contributed by atoms with Crippen LogP contribution in [-0.4, -0.2) is 6.54 Å². The maximum absolute atomic E-state index is 13.9. The minimum Gasteiger partial charge on any atom is -0.330 e. The van der Waals surface area contributed by atoms with Gasteiger partial charge in [-0.15, -0.1) is 0 Å². The number of rotatable bonds is 4. The van der Waals surface area contributed by atoms with Crippen LogP contribution in [0.3, 0.4) is 0 Å². The molecule has 0 aliphatic carbocycles. The molecule has 100 valence electrons. The van der Waals surface area contributed by atoms with Gasteiger partial charge < -0.3 is 5.73 Å². The van der Waals surface area contributed by atoms with Gasteiger partial charge in [0.1, 0.15) is 11.6 Å². The Morgan fingerprint density at radius 1 is 1.11 bits per heavy atom. The molecular formula is C14H12ClF2NS. The number of nitrogens with two attached hydrogens (primary N) is 1. The molecule has 2 aromatic carbocycles. The molecule has 19 heavy (non-hydrogen) atoms. The van der Waals surface area contributed by atoms with Gasteiger partial charge in [-0.3, -0.25) is 0 Å². The number of hydrogen-bond acceptors (Lipinski definition) is 2. The van der Waals surface area contributed by atoms with Gasteiger partial charge in [0.15, 0.2) is 0 Å². The van der Waals surface area contributed by atoms with Crippen LogP contribution in [0.15, 0.2) is 46.2 Å². The average molecular weight is 300 g/mol. The predicted octanol–water partition coefficient (Wildman–Crippen LogP) is 4.27. The van der Waals surface area contributed by atoms with Crippen LogP contribution in [0.1, 0.15) is 5.56 Å². The quantitative estimate of drug-likeness (QED) is 0.912. The normalized spacial score (nSPS) is 10.7. The van der Waals surface area contributed by atoms with Gasteiger partial charge in [0, 0.05) is 9.92 Å². The SMILES string of the molecule is NCCc1cc(F)c(Sc2cccc(Cl)c2)c(F)c1. The first-order valence-electron chi connectivity index (χ1n) is 5.71. The molecule has 1 nitrogen and oxygen atoms in total. The fourth-order valence-corrected chi connectivity index (χ4v) is 2.81. The Morgan fingerprint density at radius 3 is 2.37 bits per heavy atom. The fraction of sp³-hybridized carbons (Fsp3) is 0.143. The van der Waals surface area contributed by atoms with Crippen molar-refractivity contribution in [2.45, 2.75) is 16.2 Å². The van der Waals surface area contributed by atoms with E-state index in [1.54, 1.807) is 24.3 Å². The zero-order valence-electron chi connectivity index (χ0n) is 10.00. The highest BCUT2D eigenvalue weighted by molar-refractivity contribution is 7.99. The first-order chi connectivity index (χ1) is 9.10. The molecule has 0 saturated carbocycles. The Bertz CT molecular complexity index is 566. The molecule has 0 aliphatic rings. The Morgan fingerprint density at radius 2 is 1.79 bits per heavy atom. The molecule has 0 radical (unpaired) electrons. The number of benzene rings is 2. The van der Waals surface area contributed by atoms with Crippen molar-refractivity contribution in [3.8, 4) is 0 Å². The maximum Gasteiger partial charge on any atom is 0.140 e. The third-order valence-electron chi connectivity index (χ3n) is 2.51. The van der Waals surface area contributed by atoms with Crippen LogP contribution in [0, 0.1) is 11.6 Å². The minimum atomic E-state index is -0.576. The second-order valence-electron chi connectivity index (χ2n) is 3.99. The van der Waals surface area contributed by atoms with Gasteiger partial charge in [-0.2, -0.15) is 0 Å². The van der Waals surface area contributed by atoms with E-state index in [-0.39, 0.29) is 4.90 Å². The van der Waals surface area contributed by atoms with Gasteiger partial charge >= 0.3 is 0 Å². The fourth-order valence-electron chi connectivity index (χ4n) is 1.67. The standard InChI is InChI=1S/C14H12ClF2NS/c15-10-2-1-3-11(8-10)19-14-12(16)6-9(4-5-18)7-13(14)17/h1-3,6-8H,4-5,18H2. The van der Waals surface area contributed by atoms with E-state index in [2.05, 4.69) is 0 Å². The Hall–Kier alpha value is -1.10. The molecule has 2 rings (SSSR count). The van der Waals surface area contributed by atoms with Crippen molar-refractivity contribution in [3.05, 3.63) is 58.6 Å². The van der Waals surface area contributed by atoms with E-state index >= 15 is 0 Å². The summed E-state index contributed by atoms with van der Waals surface area (Å²) in [5, 5.41) is 0.533. The van der Waals surface area contributed by atoms with Gasteiger partial charge in [-0.25, -0.2) is 8.78 Å². The van der Waals surface area contributed by atoms with Crippen molar-refractivity contribution in [3.63, 3.8) is 0 Å². The van der Waals surface area contributed by atoms with Crippen molar-refractivity contribution < 1.29 is 8.78 Å². The van der Waals surface area contributed by atoms with Gasteiger partial charge in [0.2, 0.25) is 0 Å². The lowest BCUT2D eigenvalue weighted by Gasteiger charge is -2.07. The highest BCUT2D eigenvalue weighted by atomic mass is 35.5. The summed E-state index contributed by atoms with van der Waals surface area (Å²) in [6, 6.07) is 9.51. The van der Waals surface area contributed by atoms with E-state index in [0.29, 0.717) is 28.4 Å². The molecule has 0 heterocycles. The molecule has 0 aromatic heterocycles. The summed E-state index contributed by atoms with van der Waals surface area (Å²) >= 11 is 6.86. The van der Waals surface area contributed by atoms with Crippen molar-refractivity contribution in [1.29, 1.82) is 0 Å². The van der Waals surface area contributed by atoms with Crippen LogP contribution < -0.4 is 5.73 Å².